The van der Waals surface area contributed by atoms with Gasteiger partial charge >= 0.3 is 0 Å². The molecule has 1 heterocycles. The van der Waals surface area contributed by atoms with E-state index in [-0.39, 0.29) is 17.9 Å². The van der Waals surface area contributed by atoms with Crippen LogP contribution in [-0.4, -0.2) is 43.2 Å². The van der Waals surface area contributed by atoms with Crippen LogP contribution in [0.15, 0.2) is 0 Å². The summed E-state index contributed by atoms with van der Waals surface area (Å²) in [5.74, 6) is 0.276. The van der Waals surface area contributed by atoms with Crippen LogP contribution >= 0.6 is 0 Å². The average Bonchev–Trinajstić information content (AvgIpc) is 2.28. The van der Waals surface area contributed by atoms with Gasteiger partial charge in [-0.1, -0.05) is 13.8 Å². The summed E-state index contributed by atoms with van der Waals surface area (Å²) >= 11 is 0. The summed E-state index contributed by atoms with van der Waals surface area (Å²) in [5, 5.41) is 0. The molecule has 4 nitrogen and oxygen atoms in total. The van der Waals surface area contributed by atoms with Crippen LogP contribution in [0, 0.1) is 5.92 Å². The van der Waals surface area contributed by atoms with Gasteiger partial charge in [0.05, 0.1) is 19.3 Å². The number of carbonyl (C=O) groups is 1. The van der Waals surface area contributed by atoms with Crippen molar-refractivity contribution in [3.8, 4) is 0 Å². The molecule has 0 aliphatic carbocycles. The number of nitrogens with zero attached hydrogens (tertiary/aromatic N) is 1. The molecule has 2 atom stereocenters. The molecule has 4 heteroatoms. The first-order chi connectivity index (χ1) is 7.20. The fourth-order valence-corrected chi connectivity index (χ4v) is 1.94. The summed E-state index contributed by atoms with van der Waals surface area (Å²) in [6.45, 7) is 6.69. The topological polar surface area (TPSA) is 55.6 Å². The summed E-state index contributed by atoms with van der Waals surface area (Å²) in [6.07, 6.45) is 1.73. The molecule has 0 bridgehead atoms. The lowest BCUT2D eigenvalue weighted by Gasteiger charge is -2.36. The highest BCUT2D eigenvalue weighted by Gasteiger charge is 2.28. The number of rotatable bonds is 4. The van der Waals surface area contributed by atoms with Crippen molar-refractivity contribution in [2.24, 2.45) is 11.7 Å². The summed E-state index contributed by atoms with van der Waals surface area (Å²) in [4.78, 5) is 14.0. The first-order valence-corrected chi connectivity index (χ1v) is 5.79. The number of nitrogens with two attached hydrogens (primary N) is 1. The highest BCUT2D eigenvalue weighted by molar-refractivity contribution is 5.78. The molecule has 1 rings (SSSR count). The molecule has 1 amide bonds. The van der Waals surface area contributed by atoms with Crippen molar-refractivity contribution in [1.82, 2.24) is 4.90 Å². The SMILES string of the molecule is CCC1COCCN1C(=O)C(C)CCN. The van der Waals surface area contributed by atoms with Crippen LogP contribution in [0.2, 0.25) is 0 Å². The molecule has 15 heavy (non-hydrogen) atoms. The summed E-state index contributed by atoms with van der Waals surface area (Å²) in [5.41, 5.74) is 5.47. The van der Waals surface area contributed by atoms with Gasteiger partial charge in [-0.3, -0.25) is 4.79 Å². The zero-order chi connectivity index (χ0) is 11.3. The fraction of sp³-hybridized carbons (Fsp3) is 0.909. The maximum Gasteiger partial charge on any atom is 0.225 e. The Hall–Kier alpha value is -0.610. The van der Waals surface area contributed by atoms with E-state index >= 15 is 0 Å². The van der Waals surface area contributed by atoms with Gasteiger partial charge in [-0.15, -0.1) is 0 Å². The van der Waals surface area contributed by atoms with E-state index in [4.69, 9.17) is 10.5 Å². The Morgan fingerprint density at radius 2 is 2.40 bits per heavy atom. The van der Waals surface area contributed by atoms with Crippen LogP contribution in [0.25, 0.3) is 0 Å². The van der Waals surface area contributed by atoms with Gasteiger partial charge in [0.1, 0.15) is 0 Å². The zero-order valence-electron chi connectivity index (χ0n) is 9.74. The molecule has 0 aromatic carbocycles. The molecule has 1 fully saturated rings. The average molecular weight is 214 g/mol. The predicted octanol–water partition coefficient (Wildman–Crippen LogP) is 0.609. The normalized spacial score (nSPS) is 23.9. The van der Waals surface area contributed by atoms with Crippen molar-refractivity contribution in [2.45, 2.75) is 32.7 Å². The standard InChI is InChI=1S/C11H22N2O2/c1-3-10-8-15-7-6-13(10)11(14)9(2)4-5-12/h9-10H,3-8,12H2,1-2H3. The van der Waals surface area contributed by atoms with E-state index < -0.39 is 0 Å². The second-order valence-electron chi connectivity index (χ2n) is 4.15. The second-order valence-corrected chi connectivity index (χ2v) is 4.15. The third-order valence-corrected chi connectivity index (χ3v) is 3.00. The quantitative estimate of drug-likeness (QED) is 0.746. The Bertz CT molecular complexity index is 209. The number of amides is 1. The van der Waals surface area contributed by atoms with E-state index in [9.17, 15) is 4.79 Å². The van der Waals surface area contributed by atoms with Crippen molar-refractivity contribution in [1.29, 1.82) is 0 Å². The smallest absolute Gasteiger partial charge is 0.225 e. The molecule has 2 unspecified atom stereocenters. The van der Waals surface area contributed by atoms with Gasteiger partial charge in [-0.05, 0) is 19.4 Å². The Kier molecular flexibility index (Phi) is 5.05. The summed E-state index contributed by atoms with van der Waals surface area (Å²) in [7, 11) is 0. The second kappa shape index (κ2) is 6.08. The van der Waals surface area contributed by atoms with Crippen LogP contribution < -0.4 is 5.73 Å². The predicted molar refractivity (Wildman–Crippen MR) is 59.4 cm³/mol. The molecule has 0 saturated carbocycles. The van der Waals surface area contributed by atoms with Crippen molar-refractivity contribution in [2.75, 3.05) is 26.3 Å². The Balaban J connectivity index is 2.55. The number of hydrogen-bond donors (Lipinski definition) is 1. The van der Waals surface area contributed by atoms with Gasteiger partial charge < -0.3 is 15.4 Å². The summed E-state index contributed by atoms with van der Waals surface area (Å²) < 4.78 is 5.37. The number of hydrogen-bond acceptors (Lipinski definition) is 3. The van der Waals surface area contributed by atoms with Gasteiger partial charge in [-0.2, -0.15) is 0 Å². The molecule has 1 aliphatic rings. The van der Waals surface area contributed by atoms with Crippen molar-refractivity contribution < 1.29 is 9.53 Å². The molecule has 1 saturated heterocycles. The van der Waals surface area contributed by atoms with E-state index in [2.05, 4.69) is 6.92 Å². The highest BCUT2D eigenvalue weighted by Crippen LogP contribution is 2.15. The van der Waals surface area contributed by atoms with Gasteiger partial charge in [0.25, 0.3) is 0 Å². The molecule has 0 spiro atoms. The lowest BCUT2D eigenvalue weighted by molar-refractivity contribution is -0.144. The largest absolute Gasteiger partial charge is 0.377 e. The van der Waals surface area contributed by atoms with E-state index in [1.54, 1.807) is 0 Å². The first kappa shape index (κ1) is 12.5. The minimum atomic E-state index is 0.0437. The third kappa shape index (κ3) is 3.18. The van der Waals surface area contributed by atoms with Crippen LogP contribution in [0.1, 0.15) is 26.7 Å². The van der Waals surface area contributed by atoms with E-state index in [0.29, 0.717) is 19.8 Å². The maximum atomic E-state index is 12.1. The van der Waals surface area contributed by atoms with Crippen molar-refractivity contribution in [3.05, 3.63) is 0 Å². The van der Waals surface area contributed by atoms with Gasteiger partial charge in [0.15, 0.2) is 0 Å². The molecule has 0 aromatic heterocycles. The molecule has 0 radical (unpaired) electrons. The van der Waals surface area contributed by atoms with Crippen LogP contribution in [0.5, 0.6) is 0 Å². The fourth-order valence-electron chi connectivity index (χ4n) is 1.94. The van der Waals surface area contributed by atoms with Gasteiger partial charge in [0.2, 0.25) is 5.91 Å². The minimum Gasteiger partial charge on any atom is -0.377 e. The van der Waals surface area contributed by atoms with E-state index in [0.717, 1.165) is 19.4 Å². The first-order valence-electron chi connectivity index (χ1n) is 5.79. The monoisotopic (exact) mass is 214 g/mol. The third-order valence-electron chi connectivity index (χ3n) is 3.00. The molecule has 0 aromatic rings. The Morgan fingerprint density at radius 1 is 1.67 bits per heavy atom. The summed E-state index contributed by atoms with van der Waals surface area (Å²) in [6, 6.07) is 0.256. The van der Waals surface area contributed by atoms with Crippen LogP contribution in [-0.2, 0) is 9.53 Å². The molecular weight excluding hydrogens is 192 g/mol. The van der Waals surface area contributed by atoms with Gasteiger partial charge in [-0.25, -0.2) is 0 Å². The van der Waals surface area contributed by atoms with Crippen molar-refractivity contribution >= 4 is 5.91 Å². The number of morpholine rings is 1. The Labute approximate surface area is 91.8 Å². The van der Waals surface area contributed by atoms with Crippen molar-refractivity contribution in [3.63, 3.8) is 0 Å². The molecular formula is C11H22N2O2. The molecule has 88 valence electrons. The van der Waals surface area contributed by atoms with E-state index in [1.165, 1.54) is 0 Å². The molecule has 1 aliphatic heterocycles. The van der Waals surface area contributed by atoms with E-state index in [1.807, 2.05) is 11.8 Å². The number of carbonyl (C=O) groups excluding carboxylic acids is 1. The van der Waals surface area contributed by atoms with Crippen LogP contribution in [0.3, 0.4) is 0 Å². The van der Waals surface area contributed by atoms with Gasteiger partial charge in [0, 0.05) is 12.5 Å². The lowest BCUT2D eigenvalue weighted by atomic mass is 10.0. The Morgan fingerprint density at radius 3 is 3.00 bits per heavy atom. The zero-order valence-corrected chi connectivity index (χ0v) is 9.74. The molecule has 2 N–H and O–H groups in total. The van der Waals surface area contributed by atoms with Crippen LogP contribution in [0.4, 0.5) is 0 Å². The number of ether oxygens (including phenoxy) is 1. The lowest BCUT2D eigenvalue weighted by Crippen LogP contribution is -2.50. The minimum absolute atomic E-state index is 0.0437. The maximum absolute atomic E-state index is 12.1. The highest BCUT2D eigenvalue weighted by atomic mass is 16.5.